The molecule has 2 spiro atoms. The lowest BCUT2D eigenvalue weighted by Gasteiger charge is -2.48. The lowest BCUT2D eigenvalue weighted by Crippen LogP contribution is -2.59. The second kappa shape index (κ2) is 28.5. The molecule has 10 aliphatic rings. The van der Waals surface area contributed by atoms with Gasteiger partial charge in [0.2, 0.25) is 11.8 Å². The number of alkyl halides is 1. The number of pyridine rings is 2. The van der Waals surface area contributed by atoms with Gasteiger partial charge in [-0.15, -0.1) is 0 Å². The van der Waals surface area contributed by atoms with Crippen molar-refractivity contribution >= 4 is 80.1 Å². The highest BCUT2D eigenvalue weighted by atomic mass is 19.1. The summed E-state index contributed by atoms with van der Waals surface area (Å²) in [6.45, 7) is 21.8. The molecule has 0 unspecified atom stereocenters. The molecule has 0 radical (unpaired) electrons. The van der Waals surface area contributed by atoms with Gasteiger partial charge in [0.1, 0.15) is 28.8 Å². The Morgan fingerprint density at radius 2 is 0.935 bits per heavy atom. The maximum atomic E-state index is 15.6. The Morgan fingerprint density at radius 1 is 0.519 bits per heavy atom. The molecule has 8 fully saturated rings. The fourth-order valence-corrected chi connectivity index (χ4v) is 19.0. The Labute approximate surface area is 628 Å². The molecule has 4 aromatic carbocycles. The molecule has 4 N–H and O–H groups in total. The van der Waals surface area contributed by atoms with E-state index in [9.17, 15) is 23.6 Å². The number of benzene rings is 4. The molecular weight excluding hydrogens is 1370 g/mol. The van der Waals surface area contributed by atoms with Crippen LogP contribution in [0.15, 0.2) is 85.5 Å². The predicted molar refractivity (Wildman–Crippen MR) is 412 cm³/mol. The van der Waals surface area contributed by atoms with Crippen LogP contribution in [0.3, 0.4) is 0 Å². The normalized spacial score (nSPS) is 23.7. The van der Waals surface area contributed by atoms with Crippen molar-refractivity contribution in [1.29, 1.82) is 0 Å². The molecule has 6 saturated heterocycles. The van der Waals surface area contributed by atoms with Gasteiger partial charge in [0.15, 0.2) is 11.6 Å². The van der Waals surface area contributed by atoms with E-state index in [1.165, 1.54) is 43.5 Å². The molecule has 18 rings (SSSR count). The van der Waals surface area contributed by atoms with Crippen LogP contribution in [0.4, 0.5) is 47.6 Å². The van der Waals surface area contributed by atoms with Crippen LogP contribution >= 0.6 is 0 Å². The van der Waals surface area contributed by atoms with E-state index in [4.69, 9.17) is 29.4 Å². The minimum atomic E-state index is -0.771. The third-order valence-electron chi connectivity index (χ3n) is 25.8. The quantitative estimate of drug-likeness (QED) is 0.0707. The van der Waals surface area contributed by atoms with E-state index in [2.05, 4.69) is 94.8 Å². The van der Waals surface area contributed by atoms with Crippen LogP contribution in [-0.4, -0.2) is 208 Å². The van der Waals surface area contributed by atoms with Crippen molar-refractivity contribution in [2.24, 2.45) is 0 Å². The minimum Gasteiger partial charge on any atom is -0.378 e. The Hall–Kier alpha value is -8.85. The summed E-state index contributed by atoms with van der Waals surface area (Å²) in [4.78, 5) is 88.9. The summed E-state index contributed by atoms with van der Waals surface area (Å²) in [5.41, 5.74) is 11.0. The number of nitrogens with one attached hydrogen (secondary N) is 4. The number of nitrogens with zero attached hydrogens (tertiary/aromatic N) is 12. The number of likely N-dealkylation sites (tertiary alicyclic amines) is 4. The van der Waals surface area contributed by atoms with Crippen molar-refractivity contribution in [3.63, 3.8) is 0 Å². The Bertz CT molecular complexity index is 4560. The van der Waals surface area contributed by atoms with Gasteiger partial charge in [-0.2, -0.15) is 0 Å². The molecule has 12 heterocycles. The summed E-state index contributed by atoms with van der Waals surface area (Å²) >= 11 is 0. The largest absolute Gasteiger partial charge is 0.378 e. The SMILES string of the molecule is CNC(=O)c1cc(Nc2nc(-c3ccc4c(c3)N(C3CC(N5CCCCC5)C3)C(=O)C43CCN(C4COC4)CC3)cc3ncn(C(C)C)c23)c(F)cc1C.CNC(=O)c1cc(Nc2nc(-c3ccc4c(c3)N(C3CC(N5CC[C@H](F)C5)C3)C(=O)C43CCN(C4COC4)CC3)cc3ncn(C(C)C)c23)c(F)cc1C. The van der Waals surface area contributed by atoms with Gasteiger partial charge in [-0.05, 0) is 222 Å². The first kappa shape index (κ1) is 72.0. The number of carbonyl (C=O) groups is 4. The molecule has 8 aliphatic heterocycles. The number of imidazole rings is 2. The Balaban J connectivity index is 0.000000158. The summed E-state index contributed by atoms with van der Waals surface area (Å²) < 4.78 is 60.2. The average molecular weight is 1470 g/mol. The number of fused-ring (bicyclic) bond motifs is 6. The molecule has 8 aromatic rings. The van der Waals surface area contributed by atoms with Crippen LogP contribution in [-0.2, 0) is 29.9 Å². The molecule has 4 aromatic heterocycles. The van der Waals surface area contributed by atoms with E-state index in [-0.39, 0.29) is 65.2 Å². The number of carbonyl (C=O) groups excluding carboxylic acids is 4. The zero-order valence-corrected chi connectivity index (χ0v) is 63.2. The third-order valence-corrected chi connectivity index (χ3v) is 25.8. The predicted octanol–water partition coefficient (Wildman–Crippen LogP) is 12.2. The number of hydrogen-bond donors (Lipinski definition) is 4. The average Bonchev–Trinajstić information content (AvgIpc) is 1.56. The molecule has 1 atom stereocenters. The molecule has 0 bridgehead atoms. The summed E-state index contributed by atoms with van der Waals surface area (Å²) in [7, 11) is 3.11. The van der Waals surface area contributed by atoms with Gasteiger partial charge in [-0.25, -0.2) is 33.1 Å². The van der Waals surface area contributed by atoms with Crippen LogP contribution in [0.1, 0.15) is 160 Å². The monoisotopic (exact) mass is 1470 g/mol. The fourth-order valence-electron chi connectivity index (χ4n) is 19.0. The van der Waals surface area contributed by atoms with E-state index in [1.807, 2.05) is 41.2 Å². The lowest BCUT2D eigenvalue weighted by atomic mass is 9.73. The number of aromatic nitrogens is 6. The van der Waals surface area contributed by atoms with Gasteiger partial charge in [-0.1, -0.05) is 30.7 Å². The number of rotatable bonds is 16. The zero-order chi connectivity index (χ0) is 74.8. The van der Waals surface area contributed by atoms with Gasteiger partial charge in [0, 0.05) is 97.1 Å². The molecule has 568 valence electrons. The topological polar surface area (TPSA) is 216 Å². The highest BCUT2D eigenvalue weighted by Crippen LogP contribution is 2.55. The Morgan fingerprint density at radius 3 is 1.31 bits per heavy atom. The van der Waals surface area contributed by atoms with Gasteiger partial charge >= 0.3 is 0 Å². The van der Waals surface area contributed by atoms with Crippen LogP contribution < -0.4 is 31.1 Å². The van der Waals surface area contributed by atoms with Crippen molar-refractivity contribution in [2.45, 2.75) is 184 Å². The second-order valence-electron chi connectivity index (χ2n) is 32.6. The first-order chi connectivity index (χ1) is 52.2. The van der Waals surface area contributed by atoms with Crippen molar-refractivity contribution in [3.8, 4) is 22.5 Å². The summed E-state index contributed by atoms with van der Waals surface area (Å²) in [5, 5.41) is 11.8. The molecule has 108 heavy (non-hydrogen) atoms. The van der Waals surface area contributed by atoms with Gasteiger partial charge in [0.25, 0.3) is 11.8 Å². The number of hydrogen-bond acceptors (Lipinski definition) is 16. The van der Waals surface area contributed by atoms with Crippen LogP contribution in [0, 0.1) is 25.5 Å². The third kappa shape index (κ3) is 12.5. The lowest BCUT2D eigenvalue weighted by molar-refractivity contribution is -0.128. The number of halogens is 3. The summed E-state index contributed by atoms with van der Waals surface area (Å²) in [6, 6.07) is 24.4. The number of piperidine rings is 3. The number of ether oxygens (including phenoxy) is 2. The number of anilines is 6. The fraction of sp³-hybridized carbons (Fsp3) is 0.518. The summed E-state index contributed by atoms with van der Waals surface area (Å²) in [5.74, 6) is -0.292. The molecule has 2 saturated carbocycles. The zero-order valence-electron chi connectivity index (χ0n) is 63.2. The van der Waals surface area contributed by atoms with Gasteiger partial charge in [0.05, 0.1) is 95.8 Å². The minimum absolute atomic E-state index is 0.0426. The molecule has 22 nitrogen and oxygen atoms in total. The maximum Gasteiger partial charge on any atom is 0.251 e. The highest BCUT2D eigenvalue weighted by Gasteiger charge is 2.58. The smallest absolute Gasteiger partial charge is 0.251 e. The van der Waals surface area contributed by atoms with Crippen LogP contribution in [0.25, 0.3) is 44.6 Å². The van der Waals surface area contributed by atoms with E-state index in [1.54, 1.807) is 40.6 Å². The van der Waals surface area contributed by atoms with Crippen molar-refractivity contribution in [1.82, 2.24) is 59.3 Å². The van der Waals surface area contributed by atoms with Crippen molar-refractivity contribution < 1.29 is 41.8 Å². The molecule has 4 amide bonds. The maximum absolute atomic E-state index is 15.6. The molecule has 2 aliphatic carbocycles. The second-order valence-corrected chi connectivity index (χ2v) is 32.6. The van der Waals surface area contributed by atoms with E-state index >= 15 is 8.78 Å². The van der Waals surface area contributed by atoms with E-state index < -0.39 is 28.6 Å². The van der Waals surface area contributed by atoms with E-state index in [0.29, 0.717) is 87.4 Å². The van der Waals surface area contributed by atoms with Gasteiger partial charge in [-0.3, -0.25) is 33.9 Å². The van der Waals surface area contributed by atoms with Crippen LogP contribution in [0.5, 0.6) is 0 Å². The first-order valence-corrected chi connectivity index (χ1v) is 39.3. The first-order valence-electron chi connectivity index (χ1n) is 39.3. The Kier molecular flexibility index (Phi) is 19.0. The standard InChI is InChI=1S/C42H51FN8O3.C41H48F2N8O3/c1-25(2)50-24-45-36-21-34(46-39(38(36)50)47-35-20-31(40(52)44-4)26(3)16-33(35)43)27-8-9-32-37(17-27)51(29-18-28(19-29)48-12-6-5-7-13-48)41(53)42(32)10-14-49(15-11-42)30-22-54-23-30;1-23(2)50-22-45-35-18-33(46-38(37(35)50)47-34-17-30(39(52)44-4)24(3)13-32(34)43)25-5-6-31-36(14-25)51(28-15-27(16-28)49-10-7-26(42)19-49)40(53)41(31)8-11-48(12-9-41)29-20-54-21-29/h8-9,16-17,20-21,24-25,28-30H,5-7,10-15,18-19,22-23H2,1-4H3,(H,44,52)(H,46,47);5-6,13-14,17-18,22-23,26-29H,7-12,15-16,19-21H2,1-4H3,(H,44,52)(H,46,47)/t;26-,27?,28?/m.0/s1. The number of aryl methyl sites for hydroxylation is 2. The summed E-state index contributed by atoms with van der Waals surface area (Å²) in [6.07, 6.45) is 14.0. The number of amides is 4. The molecular formula is C83H99F3N16O6. The van der Waals surface area contributed by atoms with Crippen molar-refractivity contribution in [2.75, 3.05) is 113 Å². The highest BCUT2D eigenvalue weighted by molar-refractivity contribution is 6.11. The van der Waals surface area contributed by atoms with E-state index in [0.717, 1.165) is 168 Å². The van der Waals surface area contributed by atoms with Crippen LogP contribution in [0.2, 0.25) is 0 Å². The van der Waals surface area contributed by atoms with Crippen molar-refractivity contribution in [3.05, 3.63) is 130 Å². The molecule has 25 heteroatoms. The van der Waals surface area contributed by atoms with Gasteiger partial charge < -0.3 is 54.6 Å².